The van der Waals surface area contributed by atoms with Crippen LogP contribution in [0.4, 0.5) is 0 Å². The van der Waals surface area contributed by atoms with Crippen molar-refractivity contribution >= 4 is 37.0 Å². The SMILES string of the molecule is C[Si]C.Cc1ccccc1C([NH-])=O.[Cl-].[Cl-].[Zr+4].c1ccc2c(c1)[cH-]c1ccccc12. The van der Waals surface area contributed by atoms with Gasteiger partial charge in [-0.2, -0.15) is 0 Å². The smallest absolute Gasteiger partial charge is 1.00 e. The number of hydrogen-bond acceptors (Lipinski definition) is 1. The quantitative estimate of drug-likeness (QED) is 0.270. The standard InChI is InChI=1S/C13H9.C8H9NO.C2H6Si.2ClH.Zr/c1-3-7-12-10(5-1)9-11-6-2-4-8-13(11)12;1-6-4-2-3-5-7(6)8(9)10;1-3-2;;;/h1-9H;2-5H,1H3,(H2,9,10);1-2H3;2*1H;/q-1;;;;;+4/p-3. The predicted octanol–water partition coefficient (Wildman–Crippen LogP) is 0.692. The zero-order chi connectivity index (χ0) is 18.9. The summed E-state index contributed by atoms with van der Waals surface area (Å²) in [6.07, 6.45) is 0. The van der Waals surface area contributed by atoms with Gasteiger partial charge < -0.3 is 35.3 Å². The third-order valence-electron chi connectivity index (χ3n) is 3.91. The molecule has 4 aromatic carbocycles. The molecule has 0 saturated heterocycles. The van der Waals surface area contributed by atoms with E-state index in [0.717, 1.165) is 15.1 Å². The molecule has 0 atom stereocenters. The molecule has 2 nitrogen and oxygen atoms in total. The first kappa shape index (κ1) is 29.9. The number of halogens is 2. The van der Waals surface area contributed by atoms with Crippen LogP contribution < -0.4 is 24.8 Å². The van der Waals surface area contributed by atoms with Crippen LogP contribution in [0.5, 0.6) is 0 Å². The van der Waals surface area contributed by atoms with E-state index in [1.807, 2.05) is 19.1 Å². The van der Waals surface area contributed by atoms with Crippen LogP contribution in [0.25, 0.3) is 27.3 Å². The van der Waals surface area contributed by atoms with Crippen molar-refractivity contribution in [3.8, 4) is 0 Å². The second-order valence-electron chi connectivity index (χ2n) is 5.96. The fourth-order valence-corrected chi connectivity index (χ4v) is 2.73. The third-order valence-corrected chi connectivity index (χ3v) is 3.91. The first-order chi connectivity index (χ1) is 12.6. The molecule has 4 rings (SSSR count). The molecule has 29 heavy (non-hydrogen) atoms. The van der Waals surface area contributed by atoms with Gasteiger partial charge in [0.25, 0.3) is 0 Å². The van der Waals surface area contributed by atoms with Crippen LogP contribution in [0, 0.1) is 6.92 Å². The number of fused-ring (bicyclic) bond motifs is 3. The van der Waals surface area contributed by atoms with Crippen LogP contribution >= 0.6 is 0 Å². The fraction of sp³-hybridized carbons (Fsp3) is 0.130. The molecule has 6 heteroatoms. The van der Waals surface area contributed by atoms with Gasteiger partial charge in [-0.25, -0.2) is 0 Å². The molecule has 0 saturated carbocycles. The number of carbonyl (C=O) groups excluding carboxylic acids is 1. The maximum Gasteiger partial charge on any atom is 4.00 e. The zero-order valence-corrected chi connectivity index (χ0v) is 21.6. The summed E-state index contributed by atoms with van der Waals surface area (Å²) in [5, 5.41) is 5.39. The van der Waals surface area contributed by atoms with Crippen molar-refractivity contribution in [3.05, 3.63) is 95.7 Å². The van der Waals surface area contributed by atoms with Gasteiger partial charge in [0, 0.05) is 15.1 Å². The van der Waals surface area contributed by atoms with Crippen LogP contribution in [-0.4, -0.2) is 15.4 Å². The van der Waals surface area contributed by atoms with Crippen molar-refractivity contribution in [3.63, 3.8) is 0 Å². The molecule has 0 aliphatic carbocycles. The van der Waals surface area contributed by atoms with Crippen LogP contribution in [0.15, 0.2) is 78.9 Å². The van der Waals surface area contributed by atoms with Gasteiger partial charge in [0.1, 0.15) is 0 Å². The molecule has 0 spiro atoms. The van der Waals surface area contributed by atoms with Gasteiger partial charge >= 0.3 is 26.2 Å². The molecular formula is C23H23Cl2NOSiZr. The molecule has 0 unspecified atom stereocenters. The Morgan fingerprint density at radius 2 is 1.17 bits per heavy atom. The number of amides is 1. The van der Waals surface area contributed by atoms with Crippen molar-refractivity contribution in [2.75, 3.05) is 0 Å². The number of aryl methyl sites for hydroxylation is 1. The normalized spacial score (nSPS) is 8.79. The molecule has 148 valence electrons. The van der Waals surface area contributed by atoms with Crippen molar-refractivity contribution in [1.82, 2.24) is 0 Å². The minimum Gasteiger partial charge on any atom is -1.00 e. The number of rotatable bonds is 1. The van der Waals surface area contributed by atoms with Gasteiger partial charge in [-0.1, -0.05) is 73.8 Å². The Morgan fingerprint density at radius 1 is 0.793 bits per heavy atom. The molecule has 1 amide bonds. The summed E-state index contributed by atoms with van der Waals surface area (Å²) in [5.74, 6) is -0.613. The van der Waals surface area contributed by atoms with Crippen molar-refractivity contribution in [1.29, 1.82) is 0 Å². The second-order valence-corrected chi connectivity index (χ2v) is 6.96. The fourth-order valence-electron chi connectivity index (χ4n) is 2.73. The summed E-state index contributed by atoms with van der Waals surface area (Å²) < 4.78 is 0. The summed E-state index contributed by atoms with van der Waals surface area (Å²) in [6, 6.07) is 26.4. The molecule has 0 aliphatic rings. The van der Waals surface area contributed by atoms with Crippen molar-refractivity contribution in [2.24, 2.45) is 0 Å². The van der Waals surface area contributed by atoms with Crippen LogP contribution in [0.3, 0.4) is 0 Å². The van der Waals surface area contributed by atoms with Gasteiger partial charge in [0.2, 0.25) is 0 Å². The molecular weight excluding hydrogens is 496 g/mol. The van der Waals surface area contributed by atoms with Crippen LogP contribution in [0.2, 0.25) is 13.1 Å². The average Bonchev–Trinajstić information content (AvgIpc) is 3.02. The largest absolute Gasteiger partial charge is 4.00 e. The van der Waals surface area contributed by atoms with E-state index in [1.54, 1.807) is 12.1 Å². The molecule has 4 aromatic rings. The van der Waals surface area contributed by atoms with E-state index in [2.05, 4.69) is 67.7 Å². The first-order valence-corrected chi connectivity index (χ1v) is 10.5. The van der Waals surface area contributed by atoms with E-state index in [-0.39, 0.29) is 51.0 Å². The Morgan fingerprint density at radius 3 is 1.55 bits per heavy atom. The summed E-state index contributed by atoms with van der Waals surface area (Å²) in [4.78, 5) is 10.5. The van der Waals surface area contributed by atoms with Gasteiger partial charge in [-0.15, -0.1) is 39.7 Å². The Bertz CT molecular complexity index is 954. The van der Waals surface area contributed by atoms with E-state index >= 15 is 0 Å². The van der Waals surface area contributed by atoms with E-state index in [4.69, 9.17) is 5.73 Å². The number of carbonyl (C=O) groups is 1. The molecule has 2 radical (unpaired) electrons. The van der Waals surface area contributed by atoms with Crippen molar-refractivity contribution < 1.29 is 55.8 Å². The third kappa shape index (κ3) is 8.52. The average molecular weight is 520 g/mol. The maximum atomic E-state index is 10.5. The molecule has 0 bridgehead atoms. The topological polar surface area (TPSA) is 40.9 Å². The van der Waals surface area contributed by atoms with Crippen LogP contribution in [0.1, 0.15) is 15.9 Å². The first-order valence-electron chi connectivity index (χ1n) is 8.51. The number of nitrogens with one attached hydrogen (secondary N) is 1. The van der Waals surface area contributed by atoms with Gasteiger partial charge in [-0.3, -0.25) is 0 Å². The Balaban J connectivity index is 0. The molecule has 0 aliphatic heterocycles. The maximum absolute atomic E-state index is 10.5. The van der Waals surface area contributed by atoms with E-state index in [9.17, 15) is 4.79 Å². The van der Waals surface area contributed by atoms with E-state index in [0.29, 0.717) is 5.56 Å². The minimum atomic E-state index is -0.613. The number of hydrogen-bond donors (Lipinski definition) is 0. The van der Waals surface area contributed by atoms with E-state index in [1.165, 1.54) is 21.5 Å². The second kappa shape index (κ2) is 15.5. The van der Waals surface area contributed by atoms with Gasteiger partial charge in [0.15, 0.2) is 0 Å². The minimum absolute atomic E-state index is 0. The Kier molecular flexibility index (Phi) is 16.0. The summed E-state index contributed by atoms with van der Waals surface area (Å²) in [6.45, 7) is 6.13. The number of benzene rings is 3. The van der Waals surface area contributed by atoms with Gasteiger partial charge in [-0.05, 0) is 12.5 Å². The monoisotopic (exact) mass is 517 g/mol. The summed E-state index contributed by atoms with van der Waals surface area (Å²) >= 11 is 0. The van der Waals surface area contributed by atoms with Crippen LogP contribution in [-0.2, 0) is 26.2 Å². The van der Waals surface area contributed by atoms with E-state index < -0.39 is 5.91 Å². The molecule has 0 heterocycles. The summed E-state index contributed by atoms with van der Waals surface area (Å²) in [7, 11) is 1.08. The Labute approximate surface area is 207 Å². The Hall–Kier alpha value is -1.32. The summed E-state index contributed by atoms with van der Waals surface area (Å²) in [5.41, 5.74) is 8.17. The molecule has 0 fully saturated rings. The molecule has 1 N–H and O–H groups in total. The zero-order valence-electron chi connectivity index (χ0n) is 16.7. The van der Waals surface area contributed by atoms with Crippen molar-refractivity contribution in [2.45, 2.75) is 20.0 Å². The molecule has 0 aromatic heterocycles. The van der Waals surface area contributed by atoms with Gasteiger partial charge in [0.05, 0.1) is 5.91 Å². The predicted molar refractivity (Wildman–Crippen MR) is 114 cm³/mol.